The number of rotatable bonds is 3. The highest BCUT2D eigenvalue weighted by Gasteiger charge is 2.09. The zero-order chi connectivity index (χ0) is 13.1. The topological polar surface area (TPSA) is 55.2 Å². The Morgan fingerprint density at radius 3 is 2.61 bits per heavy atom. The van der Waals surface area contributed by atoms with E-state index in [-0.39, 0.29) is 5.69 Å². The van der Waals surface area contributed by atoms with Crippen LogP contribution in [0.3, 0.4) is 0 Å². The summed E-state index contributed by atoms with van der Waals surface area (Å²) in [5, 5.41) is 14.0. The van der Waals surface area contributed by atoms with Crippen LogP contribution in [-0.2, 0) is 0 Å². The number of nitrogens with one attached hydrogen (secondary N) is 1. The Bertz CT molecular complexity index is 604. The van der Waals surface area contributed by atoms with Crippen LogP contribution >= 0.6 is 34.2 Å². The smallest absolute Gasteiger partial charge is 0.271 e. The van der Waals surface area contributed by atoms with Crippen LogP contribution in [0.15, 0.2) is 42.5 Å². The molecule has 1 N–H and O–H groups in total. The summed E-state index contributed by atoms with van der Waals surface area (Å²) in [6.07, 6.45) is 0. The van der Waals surface area contributed by atoms with Gasteiger partial charge in [-0.3, -0.25) is 10.1 Å². The summed E-state index contributed by atoms with van der Waals surface area (Å²) in [6.45, 7) is 0. The molecular weight excluding hydrogens is 367 g/mol. The molecule has 0 aliphatic carbocycles. The fraction of sp³-hybridized carbons (Fsp3) is 0. The summed E-state index contributed by atoms with van der Waals surface area (Å²) in [4.78, 5) is 10.1. The first kappa shape index (κ1) is 13.1. The largest absolute Gasteiger partial charge is 0.354 e. The summed E-state index contributed by atoms with van der Waals surface area (Å²) < 4.78 is 1.09. The van der Waals surface area contributed by atoms with Crippen LogP contribution < -0.4 is 5.32 Å². The molecule has 0 radical (unpaired) electrons. The number of anilines is 2. The van der Waals surface area contributed by atoms with Crippen LogP contribution in [0.1, 0.15) is 0 Å². The van der Waals surface area contributed by atoms with Gasteiger partial charge in [-0.05, 0) is 46.9 Å². The lowest BCUT2D eigenvalue weighted by atomic mass is 10.2. The van der Waals surface area contributed by atoms with Crippen LogP contribution in [0.5, 0.6) is 0 Å². The van der Waals surface area contributed by atoms with Crippen molar-refractivity contribution in [3.8, 4) is 0 Å². The molecule has 18 heavy (non-hydrogen) atoms. The summed E-state index contributed by atoms with van der Waals surface area (Å²) in [7, 11) is 0. The van der Waals surface area contributed by atoms with Crippen molar-refractivity contribution in [3.63, 3.8) is 0 Å². The second-order valence-electron chi connectivity index (χ2n) is 3.56. The molecule has 0 aliphatic rings. The van der Waals surface area contributed by atoms with Crippen molar-refractivity contribution >= 4 is 51.3 Å². The minimum Gasteiger partial charge on any atom is -0.354 e. The lowest BCUT2D eigenvalue weighted by Gasteiger charge is -2.08. The zero-order valence-electron chi connectivity index (χ0n) is 9.06. The number of nitro benzene ring substituents is 1. The first-order valence-electron chi connectivity index (χ1n) is 5.03. The molecule has 0 spiro atoms. The highest BCUT2D eigenvalue weighted by molar-refractivity contribution is 14.1. The third-order valence-corrected chi connectivity index (χ3v) is 3.25. The molecule has 0 aromatic heterocycles. The molecule has 0 fully saturated rings. The second kappa shape index (κ2) is 5.53. The predicted octanol–water partition coefficient (Wildman–Crippen LogP) is 4.60. The van der Waals surface area contributed by atoms with E-state index < -0.39 is 4.92 Å². The maximum absolute atomic E-state index is 10.6. The summed E-state index contributed by atoms with van der Waals surface area (Å²) in [5.41, 5.74) is 1.51. The highest BCUT2D eigenvalue weighted by atomic mass is 127. The number of hydrogen-bond acceptors (Lipinski definition) is 3. The van der Waals surface area contributed by atoms with E-state index in [9.17, 15) is 10.1 Å². The minimum absolute atomic E-state index is 0.0202. The molecule has 0 saturated carbocycles. The van der Waals surface area contributed by atoms with Gasteiger partial charge < -0.3 is 5.32 Å². The molecule has 2 aromatic carbocycles. The monoisotopic (exact) mass is 374 g/mol. The van der Waals surface area contributed by atoms with Crippen molar-refractivity contribution in [1.29, 1.82) is 0 Å². The number of halogens is 2. The lowest BCUT2D eigenvalue weighted by molar-refractivity contribution is -0.384. The molecule has 2 rings (SSSR count). The van der Waals surface area contributed by atoms with Crippen molar-refractivity contribution in [2.45, 2.75) is 0 Å². The van der Waals surface area contributed by atoms with E-state index in [0.29, 0.717) is 10.7 Å². The Morgan fingerprint density at radius 2 is 2.00 bits per heavy atom. The van der Waals surface area contributed by atoms with Crippen LogP contribution in [0, 0.1) is 13.7 Å². The molecule has 0 saturated heterocycles. The van der Waals surface area contributed by atoms with E-state index in [1.165, 1.54) is 12.1 Å². The first-order chi connectivity index (χ1) is 8.56. The fourth-order valence-electron chi connectivity index (χ4n) is 1.44. The Kier molecular flexibility index (Phi) is 4.03. The fourth-order valence-corrected chi connectivity index (χ4v) is 2.21. The van der Waals surface area contributed by atoms with Crippen molar-refractivity contribution in [2.75, 3.05) is 5.32 Å². The van der Waals surface area contributed by atoms with Gasteiger partial charge in [-0.25, -0.2) is 0 Å². The Labute approximate surface area is 122 Å². The van der Waals surface area contributed by atoms with Gasteiger partial charge in [0, 0.05) is 21.4 Å². The minimum atomic E-state index is -0.471. The molecule has 0 amide bonds. The van der Waals surface area contributed by atoms with E-state index >= 15 is 0 Å². The van der Waals surface area contributed by atoms with Gasteiger partial charge in [0.15, 0.2) is 0 Å². The quantitative estimate of drug-likeness (QED) is 0.485. The molecular formula is C12H8ClIN2O2. The average Bonchev–Trinajstić information content (AvgIpc) is 2.31. The Balaban J connectivity index is 2.27. The zero-order valence-corrected chi connectivity index (χ0v) is 12.0. The van der Waals surface area contributed by atoms with E-state index in [4.69, 9.17) is 11.6 Å². The molecule has 2 aromatic rings. The van der Waals surface area contributed by atoms with Crippen LogP contribution in [0.4, 0.5) is 17.1 Å². The molecule has 0 bridgehead atoms. The van der Waals surface area contributed by atoms with Crippen molar-refractivity contribution < 1.29 is 4.92 Å². The Hall–Kier alpha value is -1.34. The Morgan fingerprint density at radius 1 is 1.22 bits per heavy atom. The molecule has 6 heteroatoms. The van der Waals surface area contributed by atoms with Crippen LogP contribution in [-0.4, -0.2) is 4.92 Å². The summed E-state index contributed by atoms with van der Waals surface area (Å²) in [5.74, 6) is 0. The van der Waals surface area contributed by atoms with E-state index in [2.05, 4.69) is 27.9 Å². The molecule has 0 atom stereocenters. The van der Waals surface area contributed by atoms with Crippen LogP contribution in [0.25, 0.3) is 0 Å². The number of non-ortho nitro benzene ring substituents is 1. The van der Waals surface area contributed by atoms with Gasteiger partial charge in [-0.2, -0.15) is 0 Å². The van der Waals surface area contributed by atoms with Gasteiger partial charge in [0.05, 0.1) is 15.6 Å². The number of benzene rings is 2. The highest BCUT2D eigenvalue weighted by Crippen LogP contribution is 2.29. The van der Waals surface area contributed by atoms with Crippen molar-refractivity contribution in [1.82, 2.24) is 0 Å². The second-order valence-corrected chi connectivity index (χ2v) is 5.21. The van der Waals surface area contributed by atoms with E-state index in [1.807, 2.05) is 24.3 Å². The molecule has 0 unspecified atom stereocenters. The lowest BCUT2D eigenvalue weighted by Crippen LogP contribution is -1.93. The molecule has 4 nitrogen and oxygen atoms in total. The molecule has 0 aliphatic heterocycles. The number of nitro groups is 1. The van der Waals surface area contributed by atoms with Gasteiger partial charge in [0.1, 0.15) is 0 Å². The molecule has 0 heterocycles. The number of nitrogens with zero attached hydrogens (tertiary/aromatic N) is 1. The van der Waals surface area contributed by atoms with E-state index in [1.54, 1.807) is 6.07 Å². The maximum atomic E-state index is 10.6. The number of hydrogen-bond donors (Lipinski definition) is 1. The summed E-state index contributed by atoms with van der Waals surface area (Å²) in [6, 6.07) is 12.1. The van der Waals surface area contributed by atoms with Crippen molar-refractivity contribution in [3.05, 3.63) is 61.2 Å². The van der Waals surface area contributed by atoms with Gasteiger partial charge in [-0.15, -0.1) is 0 Å². The van der Waals surface area contributed by atoms with Gasteiger partial charge in [0.2, 0.25) is 0 Å². The third-order valence-electron chi connectivity index (χ3n) is 2.27. The standard InChI is InChI=1S/C12H8ClIN2O2/c13-11-7-10(16(17)18)4-5-12(11)15-9-3-1-2-8(14)6-9/h1-7,15H. The summed E-state index contributed by atoms with van der Waals surface area (Å²) >= 11 is 8.20. The van der Waals surface area contributed by atoms with Gasteiger partial charge in [0.25, 0.3) is 5.69 Å². The normalized spacial score (nSPS) is 10.1. The predicted molar refractivity (Wildman–Crippen MR) is 80.5 cm³/mol. The average molecular weight is 375 g/mol. The SMILES string of the molecule is O=[N+]([O-])c1ccc(Nc2cccc(I)c2)c(Cl)c1. The van der Waals surface area contributed by atoms with Gasteiger partial charge in [-0.1, -0.05) is 17.7 Å². The molecule has 92 valence electrons. The first-order valence-corrected chi connectivity index (χ1v) is 6.48. The van der Waals surface area contributed by atoms with E-state index in [0.717, 1.165) is 9.26 Å². The van der Waals surface area contributed by atoms with Gasteiger partial charge >= 0.3 is 0 Å². The van der Waals surface area contributed by atoms with Crippen molar-refractivity contribution in [2.24, 2.45) is 0 Å². The third kappa shape index (κ3) is 3.11. The van der Waals surface area contributed by atoms with Crippen LogP contribution in [0.2, 0.25) is 5.02 Å². The maximum Gasteiger partial charge on any atom is 0.271 e.